The third-order valence-electron chi connectivity index (χ3n) is 3.29. The van der Waals surface area contributed by atoms with Crippen LogP contribution in [0.15, 0.2) is 44.9 Å². The van der Waals surface area contributed by atoms with Crippen LogP contribution in [-0.4, -0.2) is 23.1 Å². The summed E-state index contributed by atoms with van der Waals surface area (Å²) in [6.45, 7) is 1.74. The fraction of sp³-hybridized carbons (Fsp3) is 0.188. The first-order valence-electron chi connectivity index (χ1n) is 7.23. The maximum Gasteiger partial charge on any atom is 0.420 e. The van der Waals surface area contributed by atoms with Crippen LogP contribution in [0.25, 0.3) is 11.1 Å². The van der Waals surface area contributed by atoms with Crippen molar-refractivity contribution in [2.45, 2.75) is 13.5 Å². The van der Waals surface area contributed by atoms with E-state index >= 15 is 0 Å². The van der Waals surface area contributed by atoms with Crippen molar-refractivity contribution < 1.29 is 18.7 Å². The Kier molecular flexibility index (Phi) is 4.48. The Balaban J connectivity index is 1.79. The number of para-hydroxylation sites is 2. The van der Waals surface area contributed by atoms with Crippen LogP contribution >= 0.6 is 11.3 Å². The van der Waals surface area contributed by atoms with Crippen molar-refractivity contribution >= 4 is 39.3 Å². The van der Waals surface area contributed by atoms with Gasteiger partial charge in [0.15, 0.2) is 5.58 Å². The highest BCUT2D eigenvalue weighted by atomic mass is 32.1. The van der Waals surface area contributed by atoms with E-state index in [2.05, 4.69) is 5.32 Å². The summed E-state index contributed by atoms with van der Waals surface area (Å²) in [6.07, 6.45) is 0. The first-order chi connectivity index (χ1) is 11.6. The fourth-order valence-electron chi connectivity index (χ4n) is 2.25. The predicted octanol–water partition coefficient (Wildman–Crippen LogP) is 2.47. The molecule has 0 aliphatic rings. The van der Waals surface area contributed by atoms with Crippen molar-refractivity contribution in [2.75, 3.05) is 11.9 Å². The summed E-state index contributed by atoms with van der Waals surface area (Å²) < 4.78 is 11.3. The van der Waals surface area contributed by atoms with Gasteiger partial charge in [-0.3, -0.25) is 9.36 Å². The van der Waals surface area contributed by atoms with Crippen molar-refractivity contribution in [3.8, 4) is 0 Å². The third kappa shape index (κ3) is 3.09. The number of esters is 1. The summed E-state index contributed by atoms with van der Waals surface area (Å²) in [5.74, 6) is -1.54. The van der Waals surface area contributed by atoms with E-state index in [1.807, 2.05) is 0 Å². The van der Waals surface area contributed by atoms with Crippen LogP contribution < -0.4 is 11.1 Å². The van der Waals surface area contributed by atoms with Gasteiger partial charge in [0.1, 0.15) is 11.5 Å². The molecule has 2 heterocycles. The first-order valence-corrected chi connectivity index (χ1v) is 8.11. The number of amides is 1. The molecule has 0 saturated carbocycles. The van der Waals surface area contributed by atoms with Gasteiger partial charge in [-0.15, -0.1) is 11.3 Å². The normalized spacial score (nSPS) is 10.7. The lowest BCUT2D eigenvalue weighted by molar-refractivity contribution is -0.116. The van der Waals surface area contributed by atoms with Crippen molar-refractivity contribution in [2.24, 2.45) is 0 Å². The van der Waals surface area contributed by atoms with Crippen LogP contribution in [0.1, 0.15) is 17.3 Å². The lowest BCUT2D eigenvalue weighted by Crippen LogP contribution is -2.25. The molecule has 7 nitrogen and oxygen atoms in total. The molecule has 0 fully saturated rings. The van der Waals surface area contributed by atoms with Gasteiger partial charge in [0, 0.05) is 0 Å². The molecular formula is C16H14N2O5S. The van der Waals surface area contributed by atoms with Gasteiger partial charge < -0.3 is 14.5 Å². The number of nitrogens with one attached hydrogen (secondary N) is 1. The molecule has 3 aromatic rings. The zero-order valence-corrected chi connectivity index (χ0v) is 13.6. The fourth-order valence-corrected chi connectivity index (χ4v) is 3.04. The molecule has 0 unspecified atom stereocenters. The SMILES string of the molecule is CCOC(=O)c1ccsc1NC(=O)Cn1c(=O)oc2ccccc21. The highest BCUT2D eigenvalue weighted by Gasteiger charge is 2.17. The van der Waals surface area contributed by atoms with Gasteiger partial charge in [-0.05, 0) is 30.5 Å². The summed E-state index contributed by atoms with van der Waals surface area (Å²) >= 11 is 1.21. The van der Waals surface area contributed by atoms with Crippen molar-refractivity contribution in [1.82, 2.24) is 4.57 Å². The molecule has 1 N–H and O–H groups in total. The lowest BCUT2D eigenvalue weighted by atomic mass is 10.3. The van der Waals surface area contributed by atoms with Crippen LogP contribution in [-0.2, 0) is 16.1 Å². The van der Waals surface area contributed by atoms with E-state index in [0.29, 0.717) is 21.7 Å². The van der Waals surface area contributed by atoms with E-state index in [1.165, 1.54) is 15.9 Å². The highest BCUT2D eigenvalue weighted by Crippen LogP contribution is 2.24. The average Bonchev–Trinajstić information content (AvgIpc) is 3.13. The monoisotopic (exact) mass is 346 g/mol. The third-order valence-corrected chi connectivity index (χ3v) is 4.12. The summed E-state index contributed by atoms with van der Waals surface area (Å²) in [4.78, 5) is 35.9. The molecule has 2 aromatic heterocycles. The van der Waals surface area contributed by atoms with Crippen molar-refractivity contribution in [3.05, 3.63) is 51.8 Å². The smallest absolute Gasteiger partial charge is 0.420 e. The Morgan fingerprint density at radius 1 is 1.29 bits per heavy atom. The summed E-state index contributed by atoms with van der Waals surface area (Å²) in [5.41, 5.74) is 1.24. The molecule has 124 valence electrons. The molecule has 8 heteroatoms. The van der Waals surface area contributed by atoms with E-state index in [-0.39, 0.29) is 13.2 Å². The maximum absolute atomic E-state index is 12.2. The summed E-state index contributed by atoms with van der Waals surface area (Å²) in [5, 5.41) is 4.71. The van der Waals surface area contributed by atoms with Gasteiger partial charge in [-0.2, -0.15) is 0 Å². The minimum absolute atomic E-state index is 0.212. The van der Waals surface area contributed by atoms with E-state index < -0.39 is 17.6 Å². The first kappa shape index (κ1) is 16.0. The van der Waals surface area contributed by atoms with Crippen molar-refractivity contribution in [1.29, 1.82) is 0 Å². The molecule has 0 aliphatic heterocycles. The quantitative estimate of drug-likeness (QED) is 0.717. The van der Waals surface area contributed by atoms with E-state index in [1.54, 1.807) is 42.6 Å². The number of nitrogens with zero attached hydrogens (tertiary/aromatic N) is 1. The van der Waals surface area contributed by atoms with Crippen molar-refractivity contribution in [3.63, 3.8) is 0 Å². The second-order valence-electron chi connectivity index (χ2n) is 4.85. The number of anilines is 1. The molecule has 24 heavy (non-hydrogen) atoms. The number of carbonyl (C=O) groups is 2. The zero-order valence-electron chi connectivity index (χ0n) is 12.8. The zero-order chi connectivity index (χ0) is 17.1. The van der Waals surface area contributed by atoms with E-state index in [4.69, 9.17) is 9.15 Å². The number of benzene rings is 1. The number of hydrogen-bond donors (Lipinski definition) is 1. The van der Waals surface area contributed by atoms with Gasteiger partial charge in [0.25, 0.3) is 0 Å². The predicted molar refractivity (Wildman–Crippen MR) is 89.4 cm³/mol. The lowest BCUT2D eigenvalue weighted by Gasteiger charge is -2.06. The molecule has 0 bridgehead atoms. The number of hydrogen-bond acceptors (Lipinski definition) is 6. The van der Waals surface area contributed by atoms with Gasteiger partial charge in [0.2, 0.25) is 5.91 Å². The largest absolute Gasteiger partial charge is 0.462 e. The van der Waals surface area contributed by atoms with Crippen LogP contribution in [0.5, 0.6) is 0 Å². The van der Waals surface area contributed by atoms with Gasteiger partial charge in [-0.25, -0.2) is 9.59 Å². The molecule has 0 saturated heterocycles. The Morgan fingerprint density at radius 2 is 2.08 bits per heavy atom. The van der Waals surface area contributed by atoms with Crippen LogP contribution in [0.4, 0.5) is 5.00 Å². The standard InChI is InChI=1S/C16H14N2O5S/c1-2-22-15(20)10-7-8-24-14(10)17-13(19)9-18-11-5-3-4-6-12(11)23-16(18)21/h3-8H,2,9H2,1H3,(H,17,19). The molecule has 1 amide bonds. The molecule has 0 aliphatic carbocycles. The average molecular weight is 346 g/mol. The number of oxazole rings is 1. The number of aromatic nitrogens is 1. The number of fused-ring (bicyclic) bond motifs is 1. The maximum atomic E-state index is 12.2. The van der Waals surface area contributed by atoms with E-state index in [0.717, 1.165) is 0 Å². The topological polar surface area (TPSA) is 90.5 Å². The molecule has 3 rings (SSSR count). The minimum Gasteiger partial charge on any atom is -0.462 e. The number of carbonyl (C=O) groups excluding carboxylic acids is 2. The number of thiophene rings is 1. The Labute approximate surface area is 140 Å². The molecular weight excluding hydrogens is 332 g/mol. The highest BCUT2D eigenvalue weighted by molar-refractivity contribution is 7.14. The Morgan fingerprint density at radius 3 is 2.88 bits per heavy atom. The number of rotatable bonds is 5. The second-order valence-corrected chi connectivity index (χ2v) is 5.77. The van der Waals surface area contributed by atoms with E-state index in [9.17, 15) is 14.4 Å². The summed E-state index contributed by atoms with van der Waals surface area (Å²) in [6, 6.07) is 8.43. The van der Waals surface area contributed by atoms with Crippen LogP contribution in [0, 0.1) is 0 Å². The van der Waals surface area contributed by atoms with Crippen LogP contribution in [0.2, 0.25) is 0 Å². The van der Waals surface area contributed by atoms with Gasteiger partial charge in [0.05, 0.1) is 17.7 Å². The Hall–Kier alpha value is -2.87. The molecule has 0 atom stereocenters. The molecule has 1 aromatic carbocycles. The Bertz CT molecular complexity index is 953. The summed E-state index contributed by atoms with van der Waals surface area (Å²) in [7, 11) is 0. The van der Waals surface area contributed by atoms with Gasteiger partial charge >= 0.3 is 11.7 Å². The van der Waals surface area contributed by atoms with Crippen LogP contribution in [0.3, 0.4) is 0 Å². The minimum atomic E-state index is -0.608. The molecule has 0 radical (unpaired) electrons. The van der Waals surface area contributed by atoms with Gasteiger partial charge in [-0.1, -0.05) is 12.1 Å². The molecule has 0 spiro atoms. The second kappa shape index (κ2) is 6.71. The number of ether oxygens (including phenoxy) is 1.